The summed E-state index contributed by atoms with van der Waals surface area (Å²) in [6.45, 7) is 3.23. The first-order valence-electron chi connectivity index (χ1n) is 8.38. The zero-order chi connectivity index (χ0) is 15.7. The molecule has 1 heterocycles. The molecule has 0 aromatic heterocycles. The first-order valence-corrected chi connectivity index (χ1v) is 8.38. The summed E-state index contributed by atoms with van der Waals surface area (Å²) in [5.41, 5.74) is 4.94. The number of fused-ring (bicyclic) bond motifs is 2. The number of oxime groups is 1. The first-order chi connectivity index (χ1) is 11.3. The van der Waals surface area contributed by atoms with Crippen LogP contribution >= 0.6 is 0 Å². The van der Waals surface area contributed by atoms with Gasteiger partial charge in [-0.1, -0.05) is 59.8 Å². The van der Waals surface area contributed by atoms with Gasteiger partial charge in [0.2, 0.25) is 0 Å². The molecule has 23 heavy (non-hydrogen) atoms. The van der Waals surface area contributed by atoms with E-state index in [1.54, 1.807) is 0 Å². The van der Waals surface area contributed by atoms with Gasteiger partial charge in [0.25, 0.3) is 0 Å². The van der Waals surface area contributed by atoms with E-state index in [1.807, 2.05) is 6.07 Å². The highest BCUT2D eigenvalue weighted by Crippen LogP contribution is 2.46. The average Bonchev–Trinajstić information content (AvgIpc) is 2.92. The van der Waals surface area contributed by atoms with Crippen LogP contribution in [0, 0.1) is 0 Å². The highest BCUT2D eigenvalue weighted by molar-refractivity contribution is 6.05. The summed E-state index contributed by atoms with van der Waals surface area (Å²) in [4.78, 5) is 2.54. The monoisotopic (exact) mass is 306 g/mol. The van der Waals surface area contributed by atoms with Crippen molar-refractivity contribution in [3.8, 4) is 0 Å². The van der Waals surface area contributed by atoms with Crippen molar-refractivity contribution < 1.29 is 5.21 Å². The van der Waals surface area contributed by atoms with Gasteiger partial charge in [-0.15, -0.1) is 0 Å². The van der Waals surface area contributed by atoms with Crippen molar-refractivity contribution in [3.63, 3.8) is 0 Å². The zero-order valence-corrected chi connectivity index (χ0v) is 13.3. The third-order valence-corrected chi connectivity index (χ3v) is 5.50. The maximum atomic E-state index is 9.35. The van der Waals surface area contributed by atoms with E-state index in [0.717, 1.165) is 50.2 Å². The molecular weight excluding hydrogens is 284 g/mol. The van der Waals surface area contributed by atoms with E-state index in [9.17, 15) is 5.21 Å². The maximum absolute atomic E-state index is 9.35. The summed E-state index contributed by atoms with van der Waals surface area (Å²) in [5, 5.41) is 12.9. The number of hydrogen-bond acceptors (Lipinski definition) is 3. The number of rotatable bonds is 2. The molecule has 0 radical (unpaired) electrons. The fourth-order valence-corrected chi connectivity index (χ4v) is 4.22. The van der Waals surface area contributed by atoms with Crippen LogP contribution < -0.4 is 0 Å². The van der Waals surface area contributed by atoms with Crippen LogP contribution in [0.4, 0.5) is 0 Å². The Kier molecular flexibility index (Phi) is 3.66. The van der Waals surface area contributed by atoms with Crippen LogP contribution in [0.1, 0.15) is 36.0 Å². The van der Waals surface area contributed by atoms with Gasteiger partial charge in [-0.2, -0.15) is 0 Å². The van der Waals surface area contributed by atoms with Gasteiger partial charge < -0.3 is 5.21 Å². The van der Waals surface area contributed by atoms with Crippen molar-refractivity contribution in [1.82, 2.24) is 4.90 Å². The average molecular weight is 306 g/mol. The molecule has 0 atom stereocenters. The third kappa shape index (κ3) is 2.55. The molecule has 0 unspecified atom stereocenters. The minimum atomic E-state index is 0.172. The second-order valence-corrected chi connectivity index (χ2v) is 6.81. The Bertz CT molecular complexity index is 715. The summed E-state index contributed by atoms with van der Waals surface area (Å²) < 4.78 is 0. The Morgan fingerprint density at radius 2 is 1.65 bits per heavy atom. The molecule has 2 aromatic rings. The molecule has 0 saturated carbocycles. The second-order valence-electron chi connectivity index (χ2n) is 6.81. The van der Waals surface area contributed by atoms with Crippen LogP contribution in [0.5, 0.6) is 0 Å². The van der Waals surface area contributed by atoms with Crippen molar-refractivity contribution in [2.45, 2.75) is 31.2 Å². The normalized spacial score (nSPS) is 21.7. The zero-order valence-electron chi connectivity index (χ0n) is 13.3. The predicted octanol–water partition coefficient (Wildman–Crippen LogP) is 3.80. The van der Waals surface area contributed by atoms with Gasteiger partial charge in [0.15, 0.2) is 0 Å². The largest absolute Gasteiger partial charge is 0.411 e. The molecular formula is C20H22N2O. The van der Waals surface area contributed by atoms with Gasteiger partial charge >= 0.3 is 0 Å². The molecule has 1 aliphatic heterocycles. The van der Waals surface area contributed by atoms with Crippen molar-refractivity contribution in [2.75, 3.05) is 13.1 Å². The van der Waals surface area contributed by atoms with Crippen molar-refractivity contribution in [1.29, 1.82) is 0 Å². The van der Waals surface area contributed by atoms with Gasteiger partial charge in [-0.25, -0.2) is 0 Å². The van der Waals surface area contributed by atoms with E-state index in [4.69, 9.17) is 0 Å². The van der Waals surface area contributed by atoms with Crippen molar-refractivity contribution >= 4 is 5.71 Å². The first kappa shape index (κ1) is 14.5. The van der Waals surface area contributed by atoms with E-state index < -0.39 is 0 Å². The molecule has 2 aliphatic rings. The van der Waals surface area contributed by atoms with Gasteiger partial charge in [-0.05, 0) is 37.1 Å². The molecule has 3 heteroatoms. The fourth-order valence-electron chi connectivity index (χ4n) is 4.22. The van der Waals surface area contributed by atoms with Crippen LogP contribution in [-0.2, 0) is 12.0 Å². The highest BCUT2D eigenvalue weighted by Gasteiger charge is 2.44. The van der Waals surface area contributed by atoms with Gasteiger partial charge in [0, 0.05) is 23.9 Å². The molecule has 1 N–H and O–H groups in total. The van der Waals surface area contributed by atoms with E-state index in [2.05, 4.69) is 58.6 Å². The number of benzene rings is 2. The molecule has 1 spiro atoms. The second kappa shape index (κ2) is 5.82. The van der Waals surface area contributed by atoms with E-state index in [0.29, 0.717) is 0 Å². The van der Waals surface area contributed by atoms with E-state index in [-0.39, 0.29) is 5.41 Å². The van der Waals surface area contributed by atoms with Gasteiger partial charge in [0.05, 0.1) is 5.71 Å². The minimum Gasteiger partial charge on any atom is -0.411 e. The molecule has 3 nitrogen and oxygen atoms in total. The summed E-state index contributed by atoms with van der Waals surface area (Å²) in [6, 6.07) is 19.1. The summed E-state index contributed by atoms with van der Waals surface area (Å²) in [5.74, 6) is 0. The summed E-state index contributed by atoms with van der Waals surface area (Å²) in [6.07, 6.45) is 3.15. The molecule has 1 saturated heterocycles. The van der Waals surface area contributed by atoms with Crippen LogP contribution in [-0.4, -0.2) is 28.9 Å². The standard InChI is InChI=1S/C20H22N2O/c23-21-19-14-20(18-9-5-4-8-17(18)19)10-12-22(13-11-20)15-16-6-2-1-3-7-16/h1-9,23H,10-15H2/b21-19+. The Morgan fingerprint density at radius 1 is 0.957 bits per heavy atom. The molecule has 1 aliphatic carbocycles. The highest BCUT2D eigenvalue weighted by atomic mass is 16.4. The quantitative estimate of drug-likeness (QED) is 0.676. The van der Waals surface area contributed by atoms with Crippen molar-refractivity contribution in [3.05, 3.63) is 71.3 Å². The van der Waals surface area contributed by atoms with Crippen LogP contribution in [0.25, 0.3) is 0 Å². The SMILES string of the molecule is O/N=C1\CC2(CCN(Cc3ccccc3)CC2)c2ccccc21. The number of hydrogen-bond donors (Lipinski definition) is 1. The summed E-state index contributed by atoms with van der Waals surface area (Å²) in [7, 11) is 0. The van der Waals surface area contributed by atoms with Crippen molar-refractivity contribution in [2.24, 2.45) is 5.16 Å². The third-order valence-electron chi connectivity index (χ3n) is 5.50. The number of likely N-dealkylation sites (tertiary alicyclic amines) is 1. The summed E-state index contributed by atoms with van der Waals surface area (Å²) >= 11 is 0. The van der Waals surface area contributed by atoms with Crippen LogP contribution in [0.3, 0.4) is 0 Å². The smallest absolute Gasteiger partial charge is 0.0879 e. The molecule has 0 bridgehead atoms. The number of nitrogens with zero attached hydrogens (tertiary/aromatic N) is 2. The lowest BCUT2D eigenvalue weighted by Crippen LogP contribution is -2.41. The molecule has 1 fully saturated rings. The van der Waals surface area contributed by atoms with Gasteiger partial charge in [0.1, 0.15) is 0 Å². The van der Waals surface area contributed by atoms with E-state index in [1.165, 1.54) is 11.1 Å². The Labute approximate surface area is 137 Å². The lowest BCUT2D eigenvalue weighted by molar-refractivity contribution is 0.158. The Morgan fingerprint density at radius 3 is 2.39 bits per heavy atom. The van der Waals surface area contributed by atoms with Crippen LogP contribution in [0.2, 0.25) is 0 Å². The molecule has 118 valence electrons. The lowest BCUT2D eigenvalue weighted by Gasteiger charge is -2.40. The maximum Gasteiger partial charge on any atom is 0.0879 e. The van der Waals surface area contributed by atoms with E-state index >= 15 is 0 Å². The molecule has 4 rings (SSSR count). The molecule has 0 amide bonds. The fraction of sp³-hybridized carbons (Fsp3) is 0.350. The molecule has 2 aromatic carbocycles. The van der Waals surface area contributed by atoms with Gasteiger partial charge in [-0.3, -0.25) is 4.90 Å². The topological polar surface area (TPSA) is 35.8 Å². The minimum absolute atomic E-state index is 0.172. The Balaban J connectivity index is 1.51. The number of piperidine rings is 1. The Hall–Kier alpha value is -2.13. The lowest BCUT2D eigenvalue weighted by atomic mass is 9.73. The predicted molar refractivity (Wildman–Crippen MR) is 92.0 cm³/mol. The van der Waals surface area contributed by atoms with Crippen LogP contribution in [0.15, 0.2) is 59.8 Å².